The third-order valence-corrected chi connectivity index (χ3v) is 8.47. The Morgan fingerprint density at radius 3 is 2.19 bits per heavy atom. The third-order valence-electron chi connectivity index (χ3n) is 8.47. The molecule has 1 heterocycles. The number of nitrogens with zero attached hydrogens (tertiary/aromatic N) is 1. The van der Waals surface area contributed by atoms with Crippen LogP contribution in [0.4, 0.5) is 4.79 Å². The molecule has 5 N–H and O–H groups in total. The molecule has 3 aromatic carbocycles. The molecule has 4 aromatic rings. The number of H-pyrrole nitrogens is 1. The van der Waals surface area contributed by atoms with Crippen molar-refractivity contribution in [2.24, 2.45) is 11.8 Å². The Morgan fingerprint density at radius 2 is 1.48 bits per heavy atom. The summed E-state index contributed by atoms with van der Waals surface area (Å²) in [6.45, 7) is 8.10. The first kappa shape index (κ1) is 39.6. The Hall–Kier alpha value is -5.23. The molecule has 0 unspecified atom stereocenters. The maximum absolute atomic E-state index is 14.1. The number of amides is 3. The van der Waals surface area contributed by atoms with Crippen LogP contribution >= 0.6 is 0 Å². The zero-order valence-electron chi connectivity index (χ0n) is 30.3. The van der Waals surface area contributed by atoms with Crippen LogP contribution in [0.15, 0.2) is 85.3 Å². The van der Waals surface area contributed by atoms with Gasteiger partial charge in [-0.1, -0.05) is 100 Å². The molecule has 0 bridgehead atoms. The van der Waals surface area contributed by atoms with Crippen LogP contribution in [0.3, 0.4) is 0 Å². The Bertz CT molecular complexity index is 1720. The van der Waals surface area contributed by atoms with Crippen molar-refractivity contribution in [3.63, 3.8) is 0 Å². The highest BCUT2D eigenvalue weighted by Crippen LogP contribution is 2.20. The van der Waals surface area contributed by atoms with E-state index in [1.807, 2.05) is 100 Å². The molecule has 4 rings (SSSR count). The average Bonchev–Trinajstić information content (AvgIpc) is 3.65. The number of carbonyl (C=O) groups is 4. The predicted octanol–water partition coefficient (Wildman–Crippen LogP) is 5.00. The lowest BCUT2D eigenvalue weighted by atomic mass is 9.95. The van der Waals surface area contributed by atoms with Crippen molar-refractivity contribution in [3.05, 3.63) is 102 Å². The molecular formula is C40H51N5O7. The van der Waals surface area contributed by atoms with Crippen LogP contribution < -0.4 is 16.0 Å². The summed E-state index contributed by atoms with van der Waals surface area (Å²) in [6.07, 6.45) is 1.94. The van der Waals surface area contributed by atoms with Crippen LogP contribution in [0.2, 0.25) is 0 Å². The fraction of sp³-hybridized carbons (Fsp3) is 0.425. The van der Waals surface area contributed by atoms with Crippen molar-refractivity contribution in [1.82, 2.24) is 25.9 Å². The van der Waals surface area contributed by atoms with Gasteiger partial charge in [-0.2, -0.15) is 0 Å². The number of hydrogen-bond donors (Lipinski definition) is 5. The molecule has 0 aliphatic rings. The Balaban J connectivity index is 1.53. The Morgan fingerprint density at radius 1 is 0.788 bits per heavy atom. The highest BCUT2D eigenvalue weighted by molar-refractivity contribution is 5.93. The minimum Gasteiger partial charge on any atom is -0.465 e. The molecule has 3 amide bonds. The van der Waals surface area contributed by atoms with Crippen molar-refractivity contribution in [2.45, 2.75) is 90.6 Å². The molecule has 0 fully saturated rings. The van der Waals surface area contributed by atoms with Crippen molar-refractivity contribution >= 4 is 34.6 Å². The molecule has 12 heteroatoms. The second kappa shape index (κ2) is 20.0. The lowest BCUT2D eigenvalue weighted by Crippen LogP contribution is -2.57. The average molecular weight is 714 g/mol. The van der Waals surface area contributed by atoms with E-state index in [0.29, 0.717) is 12.1 Å². The first-order chi connectivity index (χ1) is 25.0. The standard InChI is InChI=1S/C40H51N5O7/c1-26(2)19-33(36(46)17-18-37(47)51-23-27(3)4)43-39(49)35(21-31-22-41-25-42-31)44-38(48)34(45-40(50)52-24-28-11-6-5-7-12-28)20-30-15-10-14-29-13-8-9-16-32(29)30/h5-16,22,25-27,33-36,46H,17-21,23-24H2,1-4H3,(H,41,42)(H,43,49)(H,44,48)(H,45,50)/t33-,34+,35-,36-/m0/s1. The Kier molecular flexibility index (Phi) is 15.2. The number of imidazole rings is 1. The van der Waals surface area contributed by atoms with E-state index in [1.165, 1.54) is 6.33 Å². The summed E-state index contributed by atoms with van der Waals surface area (Å²) in [7, 11) is 0. The number of carbonyl (C=O) groups excluding carboxylic acids is 4. The molecule has 0 aliphatic carbocycles. The molecule has 0 radical (unpaired) electrons. The van der Waals surface area contributed by atoms with Crippen LogP contribution in [0.1, 0.15) is 63.8 Å². The maximum Gasteiger partial charge on any atom is 0.408 e. The zero-order valence-corrected chi connectivity index (χ0v) is 30.3. The van der Waals surface area contributed by atoms with Gasteiger partial charge < -0.3 is 35.5 Å². The highest BCUT2D eigenvalue weighted by Gasteiger charge is 2.31. The largest absolute Gasteiger partial charge is 0.465 e. The number of fused-ring (bicyclic) bond motifs is 1. The highest BCUT2D eigenvalue weighted by atomic mass is 16.5. The molecule has 12 nitrogen and oxygen atoms in total. The fourth-order valence-electron chi connectivity index (χ4n) is 5.80. The molecule has 4 atom stereocenters. The van der Waals surface area contributed by atoms with Crippen LogP contribution in [0.5, 0.6) is 0 Å². The minimum atomic E-state index is -1.12. The number of ether oxygens (including phenoxy) is 2. The van der Waals surface area contributed by atoms with Gasteiger partial charge in [0, 0.05) is 25.5 Å². The fourth-order valence-corrected chi connectivity index (χ4v) is 5.80. The zero-order chi connectivity index (χ0) is 37.5. The van der Waals surface area contributed by atoms with Crippen LogP contribution in [-0.4, -0.2) is 69.8 Å². The number of rotatable bonds is 19. The molecule has 0 saturated carbocycles. The number of esters is 1. The SMILES string of the molecule is CC(C)COC(=O)CC[C@H](O)[C@H](CC(C)C)NC(=O)[C@H](Cc1c[nH]cn1)NC(=O)[C@@H](Cc1cccc2ccccc12)NC(=O)OCc1ccccc1. The Labute approximate surface area is 305 Å². The molecular weight excluding hydrogens is 662 g/mol. The predicted molar refractivity (Wildman–Crippen MR) is 198 cm³/mol. The van der Waals surface area contributed by atoms with E-state index >= 15 is 0 Å². The number of aromatic amines is 1. The lowest BCUT2D eigenvalue weighted by Gasteiger charge is -2.29. The molecule has 0 aliphatic heterocycles. The monoisotopic (exact) mass is 713 g/mol. The van der Waals surface area contributed by atoms with Gasteiger partial charge in [-0.25, -0.2) is 9.78 Å². The van der Waals surface area contributed by atoms with Crippen LogP contribution in [0, 0.1) is 11.8 Å². The van der Waals surface area contributed by atoms with E-state index in [2.05, 4.69) is 25.9 Å². The number of aliphatic hydroxyl groups is 1. The number of benzene rings is 3. The lowest BCUT2D eigenvalue weighted by molar-refractivity contribution is -0.145. The summed E-state index contributed by atoms with van der Waals surface area (Å²) >= 11 is 0. The van der Waals surface area contributed by atoms with E-state index < -0.39 is 48.1 Å². The second-order valence-corrected chi connectivity index (χ2v) is 13.9. The number of aromatic nitrogens is 2. The molecule has 0 saturated heterocycles. The number of alkyl carbamates (subject to hydrolysis) is 1. The van der Waals surface area contributed by atoms with Gasteiger partial charge in [0.25, 0.3) is 0 Å². The normalized spacial score (nSPS) is 13.6. The van der Waals surface area contributed by atoms with Crippen LogP contribution in [0.25, 0.3) is 10.8 Å². The van der Waals surface area contributed by atoms with Gasteiger partial charge >= 0.3 is 12.1 Å². The van der Waals surface area contributed by atoms with Gasteiger partial charge in [-0.3, -0.25) is 14.4 Å². The van der Waals surface area contributed by atoms with Gasteiger partial charge in [0.2, 0.25) is 11.8 Å². The van der Waals surface area contributed by atoms with E-state index in [-0.39, 0.29) is 50.7 Å². The van der Waals surface area contributed by atoms with Crippen molar-refractivity contribution < 1.29 is 33.8 Å². The molecule has 0 spiro atoms. The summed E-state index contributed by atoms with van der Waals surface area (Å²) in [5.41, 5.74) is 2.13. The molecule has 52 heavy (non-hydrogen) atoms. The topological polar surface area (TPSA) is 172 Å². The van der Waals surface area contributed by atoms with Gasteiger partial charge in [0.05, 0.1) is 30.8 Å². The van der Waals surface area contributed by atoms with Crippen molar-refractivity contribution in [3.8, 4) is 0 Å². The van der Waals surface area contributed by atoms with Gasteiger partial charge in [0.15, 0.2) is 0 Å². The number of aliphatic hydroxyl groups excluding tert-OH is 1. The minimum absolute atomic E-state index is 0.00627. The molecule has 278 valence electrons. The molecule has 1 aromatic heterocycles. The smallest absolute Gasteiger partial charge is 0.408 e. The summed E-state index contributed by atoms with van der Waals surface area (Å²) in [4.78, 5) is 60.6. The summed E-state index contributed by atoms with van der Waals surface area (Å²) < 4.78 is 10.7. The summed E-state index contributed by atoms with van der Waals surface area (Å²) in [5, 5.41) is 21.5. The summed E-state index contributed by atoms with van der Waals surface area (Å²) in [6, 6.07) is 19.8. The second-order valence-electron chi connectivity index (χ2n) is 13.9. The van der Waals surface area contributed by atoms with E-state index in [1.54, 1.807) is 6.20 Å². The van der Waals surface area contributed by atoms with Gasteiger partial charge in [-0.15, -0.1) is 0 Å². The maximum atomic E-state index is 14.1. The van der Waals surface area contributed by atoms with E-state index in [0.717, 1.165) is 21.9 Å². The summed E-state index contributed by atoms with van der Waals surface area (Å²) in [5.74, 6) is -1.28. The quantitative estimate of drug-likeness (QED) is 0.0846. The third kappa shape index (κ3) is 12.8. The van der Waals surface area contributed by atoms with Gasteiger partial charge in [0.1, 0.15) is 18.7 Å². The first-order valence-corrected chi connectivity index (χ1v) is 17.8. The number of hydrogen-bond acceptors (Lipinski definition) is 8. The first-order valence-electron chi connectivity index (χ1n) is 17.8. The van der Waals surface area contributed by atoms with E-state index in [9.17, 15) is 24.3 Å². The van der Waals surface area contributed by atoms with E-state index in [4.69, 9.17) is 9.47 Å². The number of nitrogens with one attached hydrogen (secondary N) is 4. The van der Waals surface area contributed by atoms with Gasteiger partial charge in [-0.05, 0) is 46.6 Å². The van der Waals surface area contributed by atoms with Crippen molar-refractivity contribution in [1.29, 1.82) is 0 Å². The van der Waals surface area contributed by atoms with Crippen LogP contribution in [-0.2, 0) is 43.3 Å². The van der Waals surface area contributed by atoms with Crippen molar-refractivity contribution in [2.75, 3.05) is 6.61 Å².